The highest BCUT2D eigenvalue weighted by atomic mass is 16.7. The fourth-order valence-corrected chi connectivity index (χ4v) is 1.67. The van der Waals surface area contributed by atoms with Gasteiger partial charge in [-0.25, -0.2) is 0 Å². The molecule has 0 unspecified atom stereocenters. The van der Waals surface area contributed by atoms with E-state index in [-0.39, 0.29) is 5.79 Å². The zero-order chi connectivity index (χ0) is 12.0. The van der Waals surface area contributed by atoms with Gasteiger partial charge < -0.3 is 19.7 Å². The van der Waals surface area contributed by atoms with Gasteiger partial charge in [0.2, 0.25) is 0 Å². The van der Waals surface area contributed by atoms with Crippen LogP contribution < -0.4 is 5.32 Å². The van der Waals surface area contributed by atoms with Crippen LogP contribution in [0.4, 0.5) is 0 Å². The van der Waals surface area contributed by atoms with Gasteiger partial charge in [0.1, 0.15) is 0 Å². The molecule has 1 rings (SSSR count). The summed E-state index contributed by atoms with van der Waals surface area (Å²) in [6, 6.07) is 0. The molecule has 4 heteroatoms. The van der Waals surface area contributed by atoms with Gasteiger partial charge in [0.25, 0.3) is 0 Å². The maximum atomic E-state index is 5.60. The summed E-state index contributed by atoms with van der Waals surface area (Å²) in [6.07, 6.45) is 1.19. The lowest BCUT2D eigenvalue weighted by Crippen LogP contribution is -2.42. The molecule has 16 heavy (non-hydrogen) atoms. The third-order valence-corrected chi connectivity index (χ3v) is 2.73. The molecule has 1 fully saturated rings. The van der Waals surface area contributed by atoms with E-state index in [0.717, 1.165) is 32.8 Å². The Morgan fingerprint density at radius 1 is 1.25 bits per heavy atom. The average Bonchev–Trinajstić information content (AvgIpc) is 2.19. The molecule has 0 saturated carbocycles. The molecule has 96 valence electrons. The molecule has 0 radical (unpaired) electrons. The van der Waals surface area contributed by atoms with Crippen molar-refractivity contribution in [1.82, 2.24) is 10.2 Å². The van der Waals surface area contributed by atoms with Crippen molar-refractivity contribution >= 4 is 0 Å². The lowest BCUT2D eigenvalue weighted by Gasteiger charge is -2.35. The highest BCUT2D eigenvalue weighted by Crippen LogP contribution is 2.19. The number of nitrogens with one attached hydrogen (secondary N) is 1. The van der Waals surface area contributed by atoms with Crippen LogP contribution in [-0.4, -0.2) is 57.6 Å². The van der Waals surface area contributed by atoms with Gasteiger partial charge in [-0.2, -0.15) is 0 Å². The monoisotopic (exact) mass is 230 g/mol. The summed E-state index contributed by atoms with van der Waals surface area (Å²) in [5.74, 6) is 0.105. The predicted molar refractivity (Wildman–Crippen MR) is 65.5 cm³/mol. The van der Waals surface area contributed by atoms with Crippen LogP contribution in [0.2, 0.25) is 0 Å². The summed E-state index contributed by atoms with van der Waals surface area (Å²) >= 11 is 0. The van der Waals surface area contributed by atoms with Crippen molar-refractivity contribution in [2.45, 2.75) is 26.1 Å². The van der Waals surface area contributed by atoms with Crippen molar-refractivity contribution in [3.05, 3.63) is 0 Å². The molecular formula is C12H26N2O2. The number of rotatable bonds is 6. The largest absolute Gasteiger partial charge is 0.350 e. The minimum Gasteiger partial charge on any atom is -0.350 e. The summed E-state index contributed by atoms with van der Waals surface area (Å²) in [5, 5.41) is 3.45. The van der Waals surface area contributed by atoms with Gasteiger partial charge in [-0.05, 0) is 47.5 Å². The zero-order valence-corrected chi connectivity index (χ0v) is 11.1. The first kappa shape index (κ1) is 13.9. The lowest BCUT2D eigenvalue weighted by atomic mass is 10.1. The van der Waals surface area contributed by atoms with Crippen molar-refractivity contribution in [3.63, 3.8) is 0 Å². The quantitative estimate of drug-likeness (QED) is 0.688. The summed E-state index contributed by atoms with van der Waals surface area (Å²) in [6.45, 7) is 8.72. The van der Waals surface area contributed by atoms with E-state index >= 15 is 0 Å². The third-order valence-electron chi connectivity index (χ3n) is 2.73. The van der Waals surface area contributed by atoms with Gasteiger partial charge in [0, 0.05) is 12.5 Å². The van der Waals surface area contributed by atoms with E-state index in [1.807, 2.05) is 13.8 Å². The van der Waals surface area contributed by atoms with Gasteiger partial charge >= 0.3 is 0 Å². The summed E-state index contributed by atoms with van der Waals surface area (Å²) in [4.78, 5) is 2.21. The van der Waals surface area contributed by atoms with Gasteiger partial charge in [-0.3, -0.25) is 0 Å². The molecule has 0 atom stereocenters. The van der Waals surface area contributed by atoms with Gasteiger partial charge in [-0.15, -0.1) is 0 Å². The van der Waals surface area contributed by atoms with Crippen LogP contribution in [0.15, 0.2) is 0 Å². The van der Waals surface area contributed by atoms with Crippen molar-refractivity contribution < 1.29 is 9.47 Å². The molecule has 1 aliphatic rings. The Hall–Kier alpha value is -0.160. The Labute approximate surface area is 99.3 Å². The Morgan fingerprint density at radius 2 is 1.88 bits per heavy atom. The van der Waals surface area contributed by atoms with Gasteiger partial charge in [0.05, 0.1) is 13.2 Å². The molecule has 0 aromatic heterocycles. The van der Waals surface area contributed by atoms with E-state index in [9.17, 15) is 0 Å². The van der Waals surface area contributed by atoms with Crippen LogP contribution in [0.3, 0.4) is 0 Å². The first-order chi connectivity index (χ1) is 7.49. The summed E-state index contributed by atoms with van der Waals surface area (Å²) in [5.41, 5.74) is 0. The second-order valence-corrected chi connectivity index (χ2v) is 5.25. The first-order valence-corrected chi connectivity index (χ1v) is 6.13. The number of hydrogen-bond acceptors (Lipinski definition) is 4. The van der Waals surface area contributed by atoms with Crippen LogP contribution in [0.1, 0.15) is 20.3 Å². The first-order valence-electron chi connectivity index (χ1n) is 6.13. The molecule has 1 aliphatic heterocycles. The van der Waals surface area contributed by atoms with E-state index in [1.165, 1.54) is 6.42 Å². The summed E-state index contributed by atoms with van der Waals surface area (Å²) < 4.78 is 11.2. The molecule has 0 aromatic rings. The molecule has 1 N–H and O–H groups in total. The van der Waals surface area contributed by atoms with Crippen molar-refractivity contribution in [3.8, 4) is 0 Å². The Bertz CT molecular complexity index is 185. The molecule has 0 spiro atoms. The second-order valence-electron chi connectivity index (χ2n) is 5.25. The van der Waals surface area contributed by atoms with E-state index in [1.54, 1.807) is 0 Å². The van der Waals surface area contributed by atoms with E-state index < -0.39 is 0 Å². The van der Waals surface area contributed by atoms with Crippen LogP contribution in [0.5, 0.6) is 0 Å². The minimum atomic E-state index is -0.387. The summed E-state index contributed by atoms with van der Waals surface area (Å²) in [7, 11) is 4.20. The van der Waals surface area contributed by atoms with E-state index in [2.05, 4.69) is 24.3 Å². The number of ether oxygens (including phenoxy) is 2. The van der Waals surface area contributed by atoms with Gasteiger partial charge in [-0.1, -0.05) is 0 Å². The van der Waals surface area contributed by atoms with Crippen LogP contribution in [0.25, 0.3) is 0 Å². The predicted octanol–water partition coefficient (Wildman–Crippen LogP) is 0.927. The fraction of sp³-hybridized carbons (Fsp3) is 1.00. The standard InChI is InChI=1S/C12H26N2O2/c1-12(2)15-9-11(10-16-12)8-13-6-5-7-14(3)4/h11,13H,5-10H2,1-4H3. The highest BCUT2D eigenvalue weighted by Gasteiger charge is 2.27. The third kappa shape index (κ3) is 5.80. The molecule has 0 aromatic carbocycles. The van der Waals surface area contributed by atoms with Crippen LogP contribution >= 0.6 is 0 Å². The average molecular weight is 230 g/mol. The number of hydrogen-bond donors (Lipinski definition) is 1. The minimum absolute atomic E-state index is 0.387. The smallest absolute Gasteiger partial charge is 0.162 e. The van der Waals surface area contributed by atoms with E-state index in [4.69, 9.17) is 9.47 Å². The Balaban J connectivity index is 1.98. The Morgan fingerprint density at radius 3 is 2.44 bits per heavy atom. The molecule has 1 saturated heterocycles. The molecule has 4 nitrogen and oxygen atoms in total. The van der Waals surface area contributed by atoms with Gasteiger partial charge in [0.15, 0.2) is 5.79 Å². The van der Waals surface area contributed by atoms with Crippen molar-refractivity contribution in [1.29, 1.82) is 0 Å². The Kier molecular flexibility index (Phi) is 5.69. The van der Waals surface area contributed by atoms with Crippen molar-refractivity contribution in [2.24, 2.45) is 5.92 Å². The normalized spacial score (nSPS) is 21.6. The van der Waals surface area contributed by atoms with Crippen LogP contribution in [0, 0.1) is 5.92 Å². The molecule has 0 bridgehead atoms. The fourth-order valence-electron chi connectivity index (χ4n) is 1.67. The molecular weight excluding hydrogens is 204 g/mol. The second kappa shape index (κ2) is 6.55. The molecule has 1 heterocycles. The topological polar surface area (TPSA) is 33.7 Å². The maximum absolute atomic E-state index is 5.60. The lowest BCUT2D eigenvalue weighted by molar-refractivity contribution is -0.261. The maximum Gasteiger partial charge on any atom is 0.162 e. The SMILES string of the molecule is CN(C)CCCNCC1COC(C)(C)OC1. The van der Waals surface area contributed by atoms with Crippen molar-refractivity contribution in [2.75, 3.05) is 46.9 Å². The molecule has 0 amide bonds. The molecule has 0 aliphatic carbocycles. The van der Waals surface area contributed by atoms with Crippen LogP contribution in [-0.2, 0) is 9.47 Å². The van der Waals surface area contributed by atoms with E-state index in [0.29, 0.717) is 5.92 Å². The number of nitrogens with zero attached hydrogens (tertiary/aromatic N) is 1. The zero-order valence-electron chi connectivity index (χ0n) is 11.1. The highest BCUT2D eigenvalue weighted by molar-refractivity contribution is 4.69.